The molecule has 2 rings (SSSR count). The second-order valence-electron chi connectivity index (χ2n) is 5.15. The summed E-state index contributed by atoms with van der Waals surface area (Å²) in [5.41, 5.74) is 2.49. The van der Waals surface area contributed by atoms with E-state index in [9.17, 15) is 4.79 Å². The summed E-state index contributed by atoms with van der Waals surface area (Å²) >= 11 is 0. The Morgan fingerprint density at radius 3 is 3.00 bits per heavy atom. The van der Waals surface area contributed by atoms with E-state index in [4.69, 9.17) is 0 Å². The van der Waals surface area contributed by atoms with Crippen LogP contribution in [0.3, 0.4) is 0 Å². The molecule has 0 aliphatic carbocycles. The predicted octanol–water partition coefficient (Wildman–Crippen LogP) is 2.56. The van der Waals surface area contributed by atoms with Crippen LogP contribution < -0.4 is 10.6 Å². The first-order valence-corrected chi connectivity index (χ1v) is 6.86. The summed E-state index contributed by atoms with van der Waals surface area (Å²) in [7, 11) is 1.34. The van der Waals surface area contributed by atoms with Gasteiger partial charge in [-0.2, -0.15) is 0 Å². The number of amides is 1. The van der Waals surface area contributed by atoms with E-state index in [2.05, 4.69) is 58.5 Å². The lowest BCUT2D eigenvalue weighted by atomic mass is 9.96. The van der Waals surface area contributed by atoms with Crippen molar-refractivity contribution >= 4 is 12.1 Å². The van der Waals surface area contributed by atoms with Crippen molar-refractivity contribution in [2.45, 2.75) is 32.2 Å². The quantitative estimate of drug-likeness (QED) is 0.872. The Morgan fingerprint density at radius 1 is 1.50 bits per heavy atom. The van der Waals surface area contributed by atoms with Crippen molar-refractivity contribution in [2.24, 2.45) is 4.99 Å². The van der Waals surface area contributed by atoms with Crippen molar-refractivity contribution in [3.8, 4) is 0 Å². The molecule has 1 aromatic carbocycles. The first-order chi connectivity index (χ1) is 9.60. The molecule has 1 aliphatic rings. The van der Waals surface area contributed by atoms with Crippen LogP contribution in [-0.4, -0.2) is 25.7 Å². The molecular formula is C15H21N3O2. The van der Waals surface area contributed by atoms with Gasteiger partial charge < -0.3 is 10.1 Å². The van der Waals surface area contributed by atoms with Gasteiger partial charge in [0.25, 0.3) is 0 Å². The average Bonchev–Trinajstić information content (AvgIpc) is 2.47. The minimum Gasteiger partial charge on any atom is -0.453 e. The highest BCUT2D eigenvalue weighted by molar-refractivity contribution is 5.94. The minimum atomic E-state index is -0.507. The number of hydrogen-bond donors (Lipinski definition) is 2. The van der Waals surface area contributed by atoms with Crippen LogP contribution in [0.4, 0.5) is 4.79 Å². The Labute approximate surface area is 119 Å². The van der Waals surface area contributed by atoms with E-state index < -0.39 is 6.09 Å². The Balaban J connectivity index is 2.17. The molecule has 2 N–H and O–H groups in total. The lowest BCUT2D eigenvalue weighted by Crippen LogP contribution is -2.44. The second kappa shape index (κ2) is 6.41. The summed E-state index contributed by atoms with van der Waals surface area (Å²) in [6.45, 7) is 5.13. The largest absolute Gasteiger partial charge is 0.453 e. The Bertz CT molecular complexity index is 512. The highest BCUT2D eigenvalue weighted by atomic mass is 16.5. The van der Waals surface area contributed by atoms with Crippen LogP contribution in [0.25, 0.3) is 0 Å². The monoisotopic (exact) mass is 275 g/mol. The number of guanidine groups is 1. The fraction of sp³-hybridized carbons (Fsp3) is 0.467. The number of nitrogens with zero attached hydrogens (tertiary/aromatic N) is 1. The zero-order valence-corrected chi connectivity index (χ0v) is 12.1. The SMILES string of the molecule is COC(=O)NC1=NC(c2cccc(C(C)C)c2)CCN1. The molecule has 0 bridgehead atoms. The van der Waals surface area contributed by atoms with Crippen LogP contribution >= 0.6 is 0 Å². The minimum absolute atomic E-state index is 0.0714. The summed E-state index contributed by atoms with van der Waals surface area (Å²) in [6, 6.07) is 8.55. The molecular weight excluding hydrogens is 254 g/mol. The fourth-order valence-electron chi connectivity index (χ4n) is 2.18. The van der Waals surface area contributed by atoms with Crippen LogP contribution in [0.1, 0.15) is 43.4 Å². The third kappa shape index (κ3) is 3.50. The van der Waals surface area contributed by atoms with Gasteiger partial charge in [0.15, 0.2) is 0 Å². The number of carbonyl (C=O) groups is 1. The molecule has 1 unspecified atom stereocenters. The van der Waals surface area contributed by atoms with E-state index >= 15 is 0 Å². The molecule has 1 aliphatic heterocycles. The molecule has 1 aromatic rings. The van der Waals surface area contributed by atoms with Crippen molar-refractivity contribution in [1.82, 2.24) is 10.6 Å². The van der Waals surface area contributed by atoms with Gasteiger partial charge in [-0.25, -0.2) is 9.79 Å². The van der Waals surface area contributed by atoms with E-state index in [-0.39, 0.29) is 6.04 Å². The third-order valence-electron chi connectivity index (χ3n) is 3.36. The third-order valence-corrected chi connectivity index (χ3v) is 3.36. The Hall–Kier alpha value is -2.04. The topological polar surface area (TPSA) is 62.7 Å². The Kier molecular flexibility index (Phi) is 4.61. The summed E-state index contributed by atoms with van der Waals surface area (Å²) in [5.74, 6) is 0.969. The van der Waals surface area contributed by atoms with Crippen LogP contribution in [0.15, 0.2) is 29.3 Å². The number of alkyl carbamates (subject to hydrolysis) is 1. The number of carbonyl (C=O) groups excluding carboxylic acids is 1. The normalized spacial score (nSPS) is 18.2. The van der Waals surface area contributed by atoms with Crippen molar-refractivity contribution < 1.29 is 9.53 Å². The van der Waals surface area contributed by atoms with Gasteiger partial charge in [-0.05, 0) is 23.5 Å². The van der Waals surface area contributed by atoms with Gasteiger partial charge in [0, 0.05) is 6.54 Å². The predicted molar refractivity (Wildman–Crippen MR) is 78.9 cm³/mol. The highest BCUT2D eigenvalue weighted by Crippen LogP contribution is 2.26. The molecule has 0 saturated carbocycles. The fourth-order valence-corrected chi connectivity index (χ4v) is 2.18. The summed E-state index contributed by atoms with van der Waals surface area (Å²) in [4.78, 5) is 15.7. The van der Waals surface area contributed by atoms with Gasteiger partial charge in [0.1, 0.15) is 0 Å². The van der Waals surface area contributed by atoms with E-state index in [1.54, 1.807) is 0 Å². The van der Waals surface area contributed by atoms with Gasteiger partial charge in [0.05, 0.1) is 13.2 Å². The van der Waals surface area contributed by atoms with E-state index in [1.807, 2.05) is 0 Å². The van der Waals surface area contributed by atoms with Crippen LogP contribution in [0.5, 0.6) is 0 Å². The smallest absolute Gasteiger partial charge is 0.413 e. The zero-order chi connectivity index (χ0) is 14.5. The maximum absolute atomic E-state index is 11.2. The lowest BCUT2D eigenvalue weighted by Gasteiger charge is -2.22. The maximum Gasteiger partial charge on any atom is 0.413 e. The standard InChI is InChI=1S/C15H21N3O2/c1-10(2)11-5-4-6-12(9-11)13-7-8-16-14(17-13)18-15(19)20-3/h4-6,9-10,13H,7-8H2,1-3H3,(H2,16,17,18,19). The van der Waals surface area contributed by atoms with E-state index in [0.717, 1.165) is 13.0 Å². The van der Waals surface area contributed by atoms with Crippen molar-refractivity contribution in [3.63, 3.8) is 0 Å². The van der Waals surface area contributed by atoms with Gasteiger partial charge in [-0.15, -0.1) is 0 Å². The molecule has 108 valence electrons. The number of ether oxygens (including phenoxy) is 1. The van der Waals surface area contributed by atoms with Crippen molar-refractivity contribution in [3.05, 3.63) is 35.4 Å². The molecule has 5 nitrogen and oxygen atoms in total. The molecule has 0 radical (unpaired) electrons. The number of nitrogens with one attached hydrogen (secondary N) is 2. The molecule has 1 atom stereocenters. The number of rotatable bonds is 2. The van der Waals surface area contributed by atoms with Crippen LogP contribution in [0, 0.1) is 0 Å². The molecule has 0 saturated heterocycles. The number of methoxy groups -OCH3 is 1. The van der Waals surface area contributed by atoms with E-state index in [1.165, 1.54) is 18.2 Å². The lowest BCUT2D eigenvalue weighted by molar-refractivity contribution is 0.176. The van der Waals surface area contributed by atoms with Crippen LogP contribution in [-0.2, 0) is 4.74 Å². The summed E-state index contributed by atoms with van der Waals surface area (Å²) < 4.78 is 4.57. The Morgan fingerprint density at radius 2 is 2.30 bits per heavy atom. The molecule has 1 heterocycles. The number of hydrogen-bond acceptors (Lipinski definition) is 4. The number of benzene rings is 1. The zero-order valence-electron chi connectivity index (χ0n) is 12.1. The second-order valence-corrected chi connectivity index (χ2v) is 5.15. The molecule has 20 heavy (non-hydrogen) atoms. The maximum atomic E-state index is 11.2. The van der Waals surface area contributed by atoms with Crippen molar-refractivity contribution in [2.75, 3.05) is 13.7 Å². The summed E-state index contributed by atoms with van der Waals surface area (Å²) in [6.07, 6.45) is 0.404. The number of aliphatic imine (C=N–C) groups is 1. The molecule has 5 heteroatoms. The van der Waals surface area contributed by atoms with Crippen LogP contribution in [0.2, 0.25) is 0 Å². The van der Waals surface area contributed by atoms with Gasteiger partial charge in [0.2, 0.25) is 5.96 Å². The molecule has 0 aromatic heterocycles. The van der Waals surface area contributed by atoms with Gasteiger partial charge >= 0.3 is 6.09 Å². The first-order valence-electron chi connectivity index (χ1n) is 6.86. The van der Waals surface area contributed by atoms with E-state index in [0.29, 0.717) is 11.9 Å². The molecule has 1 amide bonds. The highest BCUT2D eigenvalue weighted by Gasteiger charge is 2.18. The molecule has 0 fully saturated rings. The van der Waals surface area contributed by atoms with Gasteiger partial charge in [-0.1, -0.05) is 38.1 Å². The van der Waals surface area contributed by atoms with Crippen molar-refractivity contribution in [1.29, 1.82) is 0 Å². The summed E-state index contributed by atoms with van der Waals surface area (Å²) in [5, 5.41) is 5.64. The first kappa shape index (κ1) is 14.4. The van der Waals surface area contributed by atoms with Gasteiger partial charge in [-0.3, -0.25) is 5.32 Å². The average molecular weight is 275 g/mol. The molecule has 0 spiro atoms.